The fourth-order valence-corrected chi connectivity index (χ4v) is 2.72. The average Bonchev–Trinajstić information content (AvgIpc) is 2.34. The fraction of sp³-hybridized carbons (Fsp3) is 0.583. The van der Waals surface area contributed by atoms with E-state index in [-0.39, 0.29) is 0 Å². The van der Waals surface area contributed by atoms with Gasteiger partial charge in [0.2, 0.25) is 0 Å². The molecule has 2 heterocycles. The predicted molar refractivity (Wildman–Crippen MR) is 73.3 cm³/mol. The summed E-state index contributed by atoms with van der Waals surface area (Å²) in [5, 5.41) is 0. The number of piperazine rings is 1. The van der Waals surface area contributed by atoms with Gasteiger partial charge in [0.15, 0.2) is 0 Å². The lowest BCUT2D eigenvalue weighted by atomic mass is 10.3. The van der Waals surface area contributed by atoms with E-state index in [4.69, 9.17) is 5.73 Å². The van der Waals surface area contributed by atoms with Gasteiger partial charge in [0.1, 0.15) is 5.82 Å². The summed E-state index contributed by atoms with van der Waals surface area (Å²) >= 11 is 1.85. The van der Waals surface area contributed by atoms with E-state index < -0.39 is 0 Å². The second-order valence-corrected chi connectivity index (χ2v) is 5.58. The molecule has 1 fully saturated rings. The maximum absolute atomic E-state index is 5.55. The molecule has 2 rings (SSSR count). The van der Waals surface area contributed by atoms with E-state index in [9.17, 15) is 0 Å². The first-order valence-corrected chi connectivity index (χ1v) is 6.98. The first-order valence-electron chi connectivity index (χ1n) is 5.99. The number of aromatic nitrogens is 1. The molecular formula is C12H20N4S. The van der Waals surface area contributed by atoms with Gasteiger partial charge in [0.05, 0.1) is 0 Å². The van der Waals surface area contributed by atoms with Crippen LogP contribution in [0.4, 0.5) is 5.82 Å². The van der Waals surface area contributed by atoms with Crippen LogP contribution in [-0.4, -0.2) is 60.3 Å². The largest absolute Gasteiger partial charge is 0.384 e. The van der Waals surface area contributed by atoms with Crippen LogP contribution in [0.25, 0.3) is 0 Å². The van der Waals surface area contributed by atoms with Gasteiger partial charge in [0.25, 0.3) is 0 Å². The van der Waals surface area contributed by atoms with E-state index in [1.165, 1.54) is 31.1 Å². The van der Waals surface area contributed by atoms with Gasteiger partial charge in [-0.2, -0.15) is 0 Å². The second kappa shape index (κ2) is 6.23. The minimum absolute atomic E-state index is 0.591. The van der Waals surface area contributed by atoms with E-state index in [0.717, 1.165) is 12.3 Å². The first-order chi connectivity index (χ1) is 8.24. The summed E-state index contributed by atoms with van der Waals surface area (Å²) in [6.07, 6.45) is 1.85. The van der Waals surface area contributed by atoms with Crippen molar-refractivity contribution in [2.45, 2.75) is 4.90 Å². The van der Waals surface area contributed by atoms with Gasteiger partial charge in [0, 0.05) is 49.6 Å². The van der Waals surface area contributed by atoms with Crippen molar-refractivity contribution in [1.82, 2.24) is 14.8 Å². The van der Waals surface area contributed by atoms with Crippen LogP contribution in [0.1, 0.15) is 0 Å². The number of nitrogens with zero attached hydrogens (tertiary/aromatic N) is 3. The zero-order valence-electron chi connectivity index (χ0n) is 10.3. The summed E-state index contributed by atoms with van der Waals surface area (Å²) in [6.45, 7) is 5.92. The van der Waals surface area contributed by atoms with Crippen molar-refractivity contribution < 1.29 is 0 Å². The molecule has 5 heteroatoms. The highest BCUT2D eigenvalue weighted by Crippen LogP contribution is 2.17. The zero-order valence-corrected chi connectivity index (χ0v) is 11.1. The molecule has 0 atom stereocenters. The Bertz CT molecular complexity index is 333. The average molecular weight is 252 g/mol. The number of anilines is 1. The van der Waals surface area contributed by atoms with E-state index >= 15 is 0 Å². The maximum Gasteiger partial charge on any atom is 0.123 e. The molecule has 2 N–H and O–H groups in total. The number of hydrogen-bond donors (Lipinski definition) is 1. The summed E-state index contributed by atoms with van der Waals surface area (Å²) in [5.41, 5.74) is 5.55. The molecule has 1 aromatic rings. The number of likely N-dealkylation sites (N-methyl/N-ethyl adjacent to an activating group) is 1. The first kappa shape index (κ1) is 12.7. The molecule has 0 aliphatic carbocycles. The Labute approximate surface area is 107 Å². The summed E-state index contributed by atoms with van der Waals surface area (Å²) in [6, 6.07) is 3.90. The Morgan fingerprint density at radius 1 is 1.29 bits per heavy atom. The third-order valence-corrected chi connectivity index (χ3v) is 3.99. The lowest BCUT2D eigenvalue weighted by Crippen LogP contribution is -2.45. The third kappa shape index (κ3) is 4.18. The van der Waals surface area contributed by atoms with Crippen LogP contribution >= 0.6 is 11.8 Å². The molecule has 0 saturated carbocycles. The summed E-state index contributed by atoms with van der Waals surface area (Å²) in [7, 11) is 2.19. The van der Waals surface area contributed by atoms with Crippen LogP contribution in [-0.2, 0) is 0 Å². The van der Waals surface area contributed by atoms with Gasteiger partial charge in [-0.05, 0) is 19.2 Å². The standard InChI is InChI=1S/C12H20N4S/c1-15-4-6-16(7-5-15)8-9-17-11-2-3-12(13)14-10-11/h2-3,10H,4-9H2,1H3,(H2,13,14). The summed E-state index contributed by atoms with van der Waals surface area (Å²) in [4.78, 5) is 10.2. The molecule has 0 unspecified atom stereocenters. The topological polar surface area (TPSA) is 45.4 Å². The summed E-state index contributed by atoms with van der Waals surface area (Å²) in [5.74, 6) is 1.71. The van der Waals surface area contributed by atoms with Crippen molar-refractivity contribution >= 4 is 17.6 Å². The van der Waals surface area contributed by atoms with Crippen molar-refractivity contribution in [2.75, 3.05) is 51.3 Å². The molecule has 1 aliphatic heterocycles. The van der Waals surface area contributed by atoms with Gasteiger partial charge in [-0.25, -0.2) is 4.98 Å². The van der Waals surface area contributed by atoms with E-state index in [1.54, 1.807) is 0 Å². The van der Waals surface area contributed by atoms with Crippen molar-refractivity contribution in [3.8, 4) is 0 Å². The van der Waals surface area contributed by atoms with E-state index in [2.05, 4.69) is 21.8 Å². The maximum atomic E-state index is 5.55. The van der Waals surface area contributed by atoms with Gasteiger partial charge in [-0.3, -0.25) is 4.90 Å². The number of nitrogen functional groups attached to an aromatic ring is 1. The van der Waals surface area contributed by atoms with E-state index in [1.807, 2.05) is 30.1 Å². The molecule has 1 aromatic heterocycles. The molecule has 0 spiro atoms. The smallest absolute Gasteiger partial charge is 0.123 e. The third-order valence-electron chi connectivity index (χ3n) is 3.03. The Morgan fingerprint density at radius 2 is 2.06 bits per heavy atom. The Morgan fingerprint density at radius 3 is 2.71 bits per heavy atom. The Balaban J connectivity index is 1.67. The van der Waals surface area contributed by atoms with Crippen molar-refractivity contribution in [3.63, 3.8) is 0 Å². The Kier molecular flexibility index (Phi) is 4.65. The quantitative estimate of drug-likeness (QED) is 0.810. The van der Waals surface area contributed by atoms with Crippen LogP contribution < -0.4 is 5.73 Å². The van der Waals surface area contributed by atoms with Crippen LogP contribution in [0.5, 0.6) is 0 Å². The molecule has 94 valence electrons. The van der Waals surface area contributed by atoms with Crippen LogP contribution in [0.3, 0.4) is 0 Å². The molecule has 4 nitrogen and oxygen atoms in total. The number of hydrogen-bond acceptors (Lipinski definition) is 5. The minimum atomic E-state index is 0.591. The Hall–Kier alpha value is -0.780. The predicted octanol–water partition coefficient (Wildman–Crippen LogP) is 1.00. The number of pyridine rings is 1. The van der Waals surface area contributed by atoms with Gasteiger partial charge < -0.3 is 10.6 Å². The van der Waals surface area contributed by atoms with E-state index in [0.29, 0.717) is 5.82 Å². The lowest BCUT2D eigenvalue weighted by Gasteiger charge is -2.32. The van der Waals surface area contributed by atoms with Gasteiger partial charge in [-0.1, -0.05) is 0 Å². The molecule has 0 bridgehead atoms. The van der Waals surface area contributed by atoms with Crippen molar-refractivity contribution in [2.24, 2.45) is 0 Å². The highest BCUT2D eigenvalue weighted by molar-refractivity contribution is 7.99. The van der Waals surface area contributed by atoms with Crippen LogP contribution in [0, 0.1) is 0 Å². The number of nitrogens with two attached hydrogens (primary N) is 1. The molecule has 0 aromatic carbocycles. The molecule has 17 heavy (non-hydrogen) atoms. The highest BCUT2D eigenvalue weighted by Gasteiger charge is 2.12. The normalized spacial score (nSPS) is 18.4. The molecule has 0 radical (unpaired) electrons. The minimum Gasteiger partial charge on any atom is -0.384 e. The van der Waals surface area contributed by atoms with Crippen molar-refractivity contribution in [1.29, 1.82) is 0 Å². The van der Waals surface area contributed by atoms with Crippen molar-refractivity contribution in [3.05, 3.63) is 18.3 Å². The number of rotatable bonds is 4. The summed E-state index contributed by atoms with van der Waals surface area (Å²) < 4.78 is 0. The van der Waals surface area contributed by atoms with Crippen LogP contribution in [0.15, 0.2) is 23.2 Å². The zero-order chi connectivity index (χ0) is 12.1. The fourth-order valence-electron chi connectivity index (χ4n) is 1.84. The van der Waals surface area contributed by atoms with Crippen LogP contribution in [0.2, 0.25) is 0 Å². The van der Waals surface area contributed by atoms with Gasteiger partial charge >= 0.3 is 0 Å². The second-order valence-electron chi connectivity index (χ2n) is 4.41. The number of thioether (sulfide) groups is 1. The lowest BCUT2D eigenvalue weighted by molar-refractivity contribution is 0.161. The SMILES string of the molecule is CN1CCN(CCSc2ccc(N)nc2)CC1. The van der Waals surface area contributed by atoms with Gasteiger partial charge in [-0.15, -0.1) is 11.8 Å². The molecule has 1 saturated heterocycles. The molecular weight excluding hydrogens is 232 g/mol. The molecule has 0 amide bonds. The highest BCUT2D eigenvalue weighted by atomic mass is 32.2. The monoisotopic (exact) mass is 252 g/mol. The molecule has 1 aliphatic rings.